The van der Waals surface area contributed by atoms with E-state index in [2.05, 4.69) is 30.2 Å². The molecule has 0 unspecified atom stereocenters. The molecular formula is C9H8N6O. The largest absolute Gasteiger partial charge is 0.447 e. The Morgan fingerprint density at radius 3 is 3.12 bits per heavy atom. The molecular weight excluding hydrogens is 208 g/mol. The molecule has 7 nitrogen and oxygen atoms in total. The number of aromatic nitrogens is 5. The number of hydrogen-bond acceptors (Lipinski definition) is 6. The lowest BCUT2D eigenvalue weighted by molar-refractivity contribution is 0.503. The van der Waals surface area contributed by atoms with Crippen LogP contribution in [0.3, 0.4) is 0 Å². The van der Waals surface area contributed by atoms with E-state index < -0.39 is 0 Å². The summed E-state index contributed by atoms with van der Waals surface area (Å²) in [5.41, 5.74) is 1.40. The molecule has 0 radical (unpaired) electrons. The van der Waals surface area contributed by atoms with Crippen LogP contribution in [0.4, 0.5) is 5.82 Å². The second-order valence-electron chi connectivity index (χ2n) is 3.10. The molecule has 3 rings (SSSR count). The molecule has 0 atom stereocenters. The smallest absolute Gasteiger partial charge is 0.213 e. The summed E-state index contributed by atoms with van der Waals surface area (Å²) in [6.45, 7) is 0.464. The summed E-state index contributed by atoms with van der Waals surface area (Å²) < 4.78 is 5.10. The summed E-state index contributed by atoms with van der Waals surface area (Å²) in [6, 6.07) is 0. The fraction of sp³-hybridized carbons (Fsp3) is 0.111. The lowest BCUT2D eigenvalue weighted by Crippen LogP contribution is -2.02. The minimum atomic E-state index is 0.464. The Hall–Kier alpha value is -2.44. The maximum Gasteiger partial charge on any atom is 0.213 e. The van der Waals surface area contributed by atoms with Crippen LogP contribution in [0, 0.1) is 0 Å². The van der Waals surface area contributed by atoms with Gasteiger partial charge < -0.3 is 14.7 Å². The SMILES string of the molecule is c1coc(CNc2ncnc3[nH]cnc23)n1. The molecule has 7 heteroatoms. The van der Waals surface area contributed by atoms with Crippen molar-refractivity contribution < 1.29 is 4.42 Å². The number of imidazole rings is 1. The summed E-state index contributed by atoms with van der Waals surface area (Å²) in [7, 11) is 0. The van der Waals surface area contributed by atoms with E-state index in [0.29, 0.717) is 29.4 Å². The van der Waals surface area contributed by atoms with Crippen molar-refractivity contribution in [3.63, 3.8) is 0 Å². The molecule has 0 fully saturated rings. The summed E-state index contributed by atoms with van der Waals surface area (Å²) in [4.78, 5) is 19.2. The highest BCUT2D eigenvalue weighted by Gasteiger charge is 2.06. The zero-order valence-corrected chi connectivity index (χ0v) is 8.21. The van der Waals surface area contributed by atoms with Crippen molar-refractivity contribution in [3.05, 3.63) is 31.0 Å². The van der Waals surface area contributed by atoms with Gasteiger partial charge in [0.15, 0.2) is 11.5 Å². The van der Waals surface area contributed by atoms with E-state index in [9.17, 15) is 0 Å². The fourth-order valence-electron chi connectivity index (χ4n) is 1.39. The van der Waals surface area contributed by atoms with Crippen LogP contribution in [-0.2, 0) is 6.54 Å². The second kappa shape index (κ2) is 3.61. The van der Waals surface area contributed by atoms with E-state index in [1.54, 1.807) is 12.5 Å². The van der Waals surface area contributed by atoms with Gasteiger partial charge in [-0.2, -0.15) is 0 Å². The topological polar surface area (TPSA) is 92.5 Å². The number of fused-ring (bicyclic) bond motifs is 1. The summed E-state index contributed by atoms with van der Waals surface area (Å²) in [5, 5.41) is 3.09. The van der Waals surface area contributed by atoms with Gasteiger partial charge in [0.1, 0.15) is 18.1 Å². The van der Waals surface area contributed by atoms with Gasteiger partial charge in [0.05, 0.1) is 19.1 Å². The van der Waals surface area contributed by atoms with Crippen molar-refractivity contribution in [2.75, 3.05) is 5.32 Å². The number of oxazole rings is 1. The highest BCUT2D eigenvalue weighted by molar-refractivity contribution is 5.81. The van der Waals surface area contributed by atoms with Crippen LogP contribution in [0.1, 0.15) is 5.89 Å². The molecule has 2 N–H and O–H groups in total. The molecule has 80 valence electrons. The molecule has 0 bridgehead atoms. The van der Waals surface area contributed by atoms with Crippen LogP contribution >= 0.6 is 0 Å². The average molecular weight is 216 g/mol. The number of nitrogens with zero attached hydrogens (tertiary/aromatic N) is 4. The first kappa shape index (κ1) is 8.84. The molecule has 0 aliphatic carbocycles. The van der Waals surface area contributed by atoms with Crippen LogP contribution in [0.2, 0.25) is 0 Å². The van der Waals surface area contributed by atoms with Gasteiger partial charge in [-0.3, -0.25) is 0 Å². The van der Waals surface area contributed by atoms with Crippen LogP contribution in [0.15, 0.2) is 29.5 Å². The second-order valence-corrected chi connectivity index (χ2v) is 3.10. The third-order valence-corrected chi connectivity index (χ3v) is 2.11. The maximum absolute atomic E-state index is 5.10. The van der Waals surface area contributed by atoms with Gasteiger partial charge in [0, 0.05) is 0 Å². The third-order valence-electron chi connectivity index (χ3n) is 2.11. The standard InChI is InChI=1S/C9H8N6O/c1-2-16-6(10-1)3-11-8-7-9(13-4-12-7)15-5-14-8/h1-2,4-5H,3H2,(H2,11,12,13,14,15). The molecule has 0 saturated heterocycles. The van der Waals surface area contributed by atoms with Crippen molar-refractivity contribution in [1.29, 1.82) is 0 Å². The van der Waals surface area contributed by atoms with E-state index in [0.717, 1.165) is 0 Å². The molecule has 0 aliphatic rings. The third kappa shape index (κ3) is 1.48. The Labute approximate surface area is 90.0 Å². The predicted octanol–water partition coefficient (Wildman–Crippen LogP) is 0.953. The van der Waals surface area contributed by atoms with Gasteiger partial charge >= 0.3 is 0 Å². The van der Waals surface area contributed by atoms with E-state index >= 15 is 0 Å². The Morgan fingerprint density at radius 2 is 2.25 bits per heavy atom. The lowest BCUT2D eigenvalue weighted by Gasteiger charge is -2.02. The first-order valence-corrected chi connectivity index (χ1v) is 4.70. The number of H-pyrrole nitrogens is 1. The highest BCUT2D eigenvalue weighted by Crippen LogP contribution is 2.14. The van der Waals surface area contributed by atoms with Crippen LogP contribution in [0.5, 0.6) is 0 Å². The van der Waals surface area contributed by atoms with Gasteiger partial charge in [-0.05, 0) is 0 Å². The molecule has 0 aliphatic heterocycles. The number of nitrogens with one attached hydrogen (secondary N) is 2. The summed E-state index contributed by atoms with van der Waals surface area (Å²) in [5.74, 6) is 1.26. The Morgan fingerprint density at radius 1 is 1.25 bits per heavy atom. The van der Waals surface area contributed by atoms with Crippen LogP contribution in [0.25, 0.3) is 11.2 Å². The fourth-order valence-corrected chi connectivity index (χ4v) is 1.39. The lowest BCUT2D eigenvalue weighted by atomic mass is 10.5. The molecule has 0 spiro atoms. The molecule has 3 aromatic rings. The summed E-state index contributed by atoms with van der Waals surface area (Å²) >= 11 is 0. The highest BCUT2D eigenvalue weighted by atomic mass is 16.3. The van der Waals surface area contributed by atoms with Crippen molar-refractivity contribution in [1.82, 2.24) is 24.9 Å². The molecule has 0 amide bonds. The first-order chi connectivity index (χ1) is 7.93. The zero-order chi connectivity index (χ0) is 10.8. The van der Waals surface area contributed by atoms with E-state index in [-0.39, 0.29) is 0 Å². The van der Waals surface area contributed by atoms with Crippen LogP contribution in [-0.4, -0.2) is 24.9 Å². The normalized spacial score (nSPS) is 10.8. The molecule has 3 heterocycles. The first-order valence-electron chi connectivity index (χ1n) is 4.70. The van der Waals surface area contributed by atoms with E-state index in [1.165, 1.54) is 12.6 Å². The Balaban J connectivity index is 1.86. The monoisotopic (exact) mass is 216 g/mol. The van der Waals surface area contributed by atoms with Gasteiger partial charge in [-0.25, -0.2) is 19.9 Å². The van der Waals surface area contributed by atoms with Crippen molar-refractivity contribution >= 4 is 17.0 Å². The molecule has 0 aromatic carbocycles. The Kier molecular flexibility index (Phi) is 1.99. The quantitative estimate of drug-likeness (QED) is 0.677. The maximum atomic E-state index is 5.10. The van der Waals surface area contributed by atoms with E-state index in [4.69, 9.17) is 4.42 Å². The van der Waals surface area contributed by atoms with Gasteiger partial charge in [0.25, 0.3) is 0 Å². The van der Waals surface area contributed by atoms with Crippen molar-refractivity contribution in [3.8, 4) is 0 Å². The van der Waals surface area contributed by atoms with Crippen molar-refractivity contribution in [2.45, 2.75) is 6.54 Å². The number of rotatable bonds is 3. The zero-order valence-electron chi connectivity index (χ0n) is 8.21. The average Bonchev–Trinajstić information content (AvgIpc) is 2.97. The minimum absolute atomic E-state index is 0.464. The van der Waals surface area contributed by atoms with Crippen molar-refractivity contribution in [2.24, 2.45) is 0 Å². The Bertz CT molecular complexity index is 587. The van der Waals surface area contributed by atoms with Gasteiger partial charge in [0.2, 0.25) is 5.89 Å². The van der Waals surface area contributed by atoms with Crippen LogP contribution < -0.4 is 5.32 Å². The number of aromatic amines is 1. The minimum Gasteiger partial charge on any atom is -0.447 e. The molecule has 3 aromatic heterocycles. The predicted molar refractivity (Wildman–Crippen MR) is 55.5 cm³/mol. The number of hydrogen-bond donors (Lipinski definition) is 2. The van der Waals surface area contributed by atoms with E-state index in [1.807, 2.05) is 0 Å². The van der Waals surface area contributed by atoms with Gasteiger partial charge in [-0.1, -0.05) is 0 Å². The van der Waals surface area contributed by atoms with Gasteiger partial charge in [-0.15, -0.1) is 0 Å². The molecule has 16 heavy (non-hydrogen) atoms. The summed E-state index contributed by atoms with van der Waals surface area (Å²) in [6.07, 6.45) is 6.18. The molecule has 0 saturated carbocycles. The number of anilines is 1.